The summed E-state index contributed by atoms with van der Waals surface area (Å²) in [6.07, 6.45) is 1.00. The van der Waals surface area contributed by atoms with Crippen molar-refractivity contribution in [1.29, 1.82) is 0 Å². The largest absolute Gasteiger partial charge is 0.381 e. The van der Waals surface area contributed by atoms with Crippen LogP contribution in [0.1, 0.15) is 18.1 Å². The summed E-state index contributed by atoms with van der Waals surface area (Å²) in [5.41, 5.74) is 2.81. The Morgan fingerprint density at radius 2 is 1.44 bits per heavy atom. The molecule has 0 saturated heterocycles. The average molecular weight is 247 g/mol. The van der Waals surface area contributed by atoms with Gasteiger partial charge in [-0.1, -0.05) is 31.2 Å². The molecule has 0 aromatic heterocycles. The molecule has 1 N–H and O–H groups in total. The van der Waals surface area contributed by atoms with Crippen LogP contribution in [0.3, 0.4) is 0 Å². The van der Waals surface area contributed by atoms with E-state index in [9.17, 15) is 8.78 Å². The van der Waals surface area contributed by atoms with Crippen LogP contribution >= 0.6 is 0 Å². The number of hydrogen-bond donors (Lipinski definition) is 1. The highest BCUT2D eigenvalue weighted by atomic mass is 19.1. The van der Waals surface area contributed by atoms with Crippen LogP contribution < -0.4 is 5.32 Å². The molecule has 0 spiro atoms. The molecule has 18 heavy (non-hydrogen) atoms. The van der Waals surface area contributed by atoms with E-state index in [1.54, 1.807) is 0 Å². The van der Waals surface area contributed by atoms with Crippen LogP contribution in [0.2, 0.25) is 0 Å². The van der Waals surface area contributed by atoms with E-state index in [4.69, 9.17) is 0 Å². The zero-order valence-electron chi connectivity index (χ0n) is 10.2. The molecule has 2 aromatic rings. The first-order chi connectivity index (χ1) is 8.67. The summed E-state index contributed by atoms with van der Waals surface area (Å²) in [7, 11) is 0. The normalized spacial score (nSPS) is 10.4. The van der Waals surface area contributed by atoms with E-state index in [-0.39, 0.29) is 0 Å². The molecule has 2 aromatic carbocycles. The van der Waals surface area contributed by atoms with Crippen molar-refractivity contribution in [2.24, 2.45) is 0 Å². The molecule has 0 amide bonds. The molecule has 0 aliphatic carbocycles. The molecule has 3 heteroatoms. The molecule has 0 heterocycles. The van der Waals surface area contributed by atoms with Gasteiger partial charge >= 0.3 is 0 Å². The van der Waals surface area contributed by atoms with E-state index < -0.39 is 11.6 Å². The number of aryl methyl sites for hydroxylation is 1. The van der Waals surface area contributed by atoms with Gasteiger partial charge in [-0.2, -0.15) is 0 Å². The number of halogens is 2. The predicted molar refractivity (Wildman–Crippen MR) is 69.5 cm³/mol. The molecule has 1 nitrogen and oxygen atoms in total. The van der Waals surface area contributed by atoms with Gasteiger partial charge in [-0.15, -0.1) is 0 Å². The van der Waals surface area contributed by atoms with Gasteiger partial charge in [0.25, 0.3) is 0 Å². The van der Waals surface area contributed by atoms with Gasteiger partial charge in [-0.05, 0) is 29.7 Å². The number of nitrogens with one attached hydrogen (secondary N) is 1. The maximum atomic E-state index is 13.0. The van der Waals surface area contributed by atoms with E-state index in [2.05, 4.69) is 24.4 Å². The highest BCUT2D eigenvalue weighted by molar-refractivity contribution is 5.44. The van der Waals surface area contributed by atoms with Crippen molar-refractivity contribution in [2.75, 3.05) is 5.32 Å². The van der Waals surface area contributed by atoms with E-state index in [0.717, 1.165) is 18.1 Å². The van der Waals surface area contributed by atoms with Crippen LogP contribution in [0.15, 0.2) is 42.5 Å². The monoisotopic (exact) mass is 247 g/mol. The highest BCUT2D eigenvalue weighted by Gasteiger charge is 2.00. The van der Waals surface area contributed by atoms with Crippen molar-refractivity contribution in [3.05, 3.63) is 65.2 Å². The Hall–Kier alpha value is -1.90. The van der Waals surface area contributed by atoms with E-state index in [0.29, 0.717) is 12.2 Å². The third-order valence-electron chi connectivity index (χ3n) is 2.79. The molecule has 2 rings (SSSR count). The van der Waals surface area contributed by atoms with Crippen LogP contribution in [0.4, 0.5) is 14.5 Å². The predicted octanol–water partition coefficient (Wildman–Crippen LogP) is 4.14. The van der Waals surface area contributed by atoms with Crippen molar-refractivity contribution in [1.82, 2.24) is 0 Å². The van der Waals surface area contributed by atoms with Crippen LogP contribution in [-0.2, 0) is 13.0 Å². The SMILES string of the molecule is CCc1ccc(CNc2cc(F)cc(F)c2)cc1. The summed E-state index contributed by atoms with van der Waals surface area (Å²) in [6, 6.07) is 11.6. The van der Waals surface area contributed by atoms with Crippen molar-refractivity contribution < 1.29 is 8.78 Å². The summed E-state index contributed by atoms with van der Waals surface area (Å²) in [5, 5.41) is 3.00. The number of hydrogen-bond acceptors (Lipinski definition) is 1. The molecule has 0 aliphatic rings. The van der Waals surface area contributed by atoms with Crippen LogP contribution in [0, 0.1) is 11.6 Å². The van der Waals surface area contributed by atoms with Gasteiger partial charge < -0.3 is 5.32 Å². The molecule has 0 saturated carbocycles. The van der Waals surface area contributed by atoms with Gasteiger partial charge in [0.15, 0.2) is 0 Å². The molecule has 0 unspecified atom stereocenters. The Bertz CT molecular complexity index is 500. The number of benzene rings is 2. The molecule has 0 aliphatic heterocycles. The Balaban J connectivity index is 2.01. The third kappa shape index (κ3) is 3.29. The first-order valence-electron chi connectivity index (χ1n) is 5.95. The van der Waals surface area contributed by atoms with Gasteiger partial charge in [-0.3, -0.25) is 0 Å². The molecule has 94 valence electrons. The molecule has 0 fully saturated rings. The van der Waals surface area contributed by atoms with Crippen LogP contribution in [0.25, 0.3) is 0 Å². The van der Waals surface area contributed by atoms with Gasteiger partial charge in [-0.25, -0.2) is 8.78 Å². The third-order valence-corrected chi connectivity index (χ3v) is 2.79. The Kier molecular flexibility index (Phi) is 3.92. The summed E-state index contributed by atoms with van der Waals surface area (Å²) >= 11 is 0. The Labute approximate surface area is 105 Å². The minimum absolute atomic E-state index is 0.451. The zero-order chi connectivity index (χ0) is 13.0. The minimum atomic E-state index is -0.571. The van der Waals surface area contributed by atoms with Crippen molar-refractivity contribution in [3.8, 4) is 0 Å². The lowest BCUT2D eigenvalue weighted by Crippen LogP contribution is -2.00. The fourth-order valence-corrected chi connectivity index (χ4v) is 1.75. The average Bonchev–Trinajstić information content (AvgIpc) is 2.36. The standard InChI is InChI=1S/C15H15F2N/c1-2-11-3-5-12(6-4-11)10-18-15-8-13(16)7-14(17)9-15/h3-9,18H,2,10H2,1H3. The zero-order valence-corrected chi connectivity index (χ0v) is 10.2. The molecule has 0 bridgehead atoms. The second kappa shape index (κ2) is 5.63. The van der Waals surface area contributed by atoms with Gasteiger partial charge in [0.2, 0.25) is 0 Å². The van der Waals surface area contributed by atoms with Crippen molar-refractivity contribution in [3.63, 3.8) is 0 Å². The molecule has 0 radical (unpaired) electrons. The van der Waals surface area contributed by atoms with Gasteiger partial charge in [0.1, 0.15) is 11.6 Å². The summed E-state index contributed by atoms with van der Waals surface area (Å²) in [6.45, 7) is 2.65. The summed E-state index contributed by atoms with van der Waals surface area (Å²) in [4.78, 5) is 0. The second-order valence-electron chi connectivity index (χ2n) is 4.18. The first kappa shape index (κ1) is 12.6. The minimum Gasteiger partial charge on any atom is -0.381 e. The Morgan fingerprint density at radius 1 is 0.889 bits per heavy atom. The fourth-order valence-electron chi connectivity index (χ4n) is 1.75. The maximum Gasteiger partial charge on any atom is 0.128 e. The molecular formula is C15H15F2N. The van der Waals surface area contributed by atoms with Crippen LogP contribution in [0.5, 0.6) is 0 Å². The lowest BCUT2D eigenvalue weighted by Gasteiger charge is -2.07. The van der Waals surface area contributed by atoms with E-state index in [1.807, 2.05) is 12.1 Å². The summed E-state index contributed by atoms with van der Waals surface area (Å²) < 4.78 is 25.9. The van der Waals surface area contributed by atoms with E-state index in [1.165, 1.54) is 17.7 Å². The van der Waals surface area contributed by atoms with Gasteiger partial charge in [0.05, 0.1) is 0 Å². The topological polar surface area (TPSA) is 12.0 Å². The number of rotatable bonds is 4. The van der Waals surface area contributed by atoms with Crippen molar-refractivity contribution >= 4 is 5.69 Å². The second-order valence-corrected chi connectivity index (χ2v) is 4.18. The Morgan fingerprint density at radius 3 is 2.00 bits per heavy atom. The van der Waals surface area contributed by atoms with E-state index >= 15 is 0 Å². The molecular weight excluding hydrogens is 232 g/mol. The highest BCUT2D eigenvalue weighted by Crippen LogP contribution is 2.14. The first-order valence-corrected chi connectivity index (χ1v) is 5.95. The van der Waals surface area contributed by atoms with Gasteiger partial charge in [0, 0.05) is 18.3 Å². The number of anilines is 1. The lowest BCUT2D eigenvalue weighted by molar-refractivity contribution is 0.584. The van der Waals surface area contributed by atoms with Crippen molar-refractivity contribution in [2.45, 2.75) is 19.9 Å². The van der Waals surface area contributed by atoms with Crippen LogP contribution in [-0.4, -0.2) is 0 Å². The summed E-state index contributed by atoms with van der Waals surface area (Å²) in [5.74, 6) is -1.14. The lowest BCUT2D eigenvalue weighted by atomic mass is 10.1. The molecule has 0 atom stereocenters. The quantitative estimate of drug-likeness (QED) is 0.856. The fraction of sp³-hybridized carbons (Fsp3) is 0.200. The smallest absolute Gasteiger partial charge is 0.128 e. The maximum absolute atomic E-state index is 13.0.